The highest BCUT2D eigenvalue weighted by atomic mass is 35.5. The van der Waals surface area contributed by atoms with Crippen LogP contribution in [0.3, 0.4) is 0 Å². The summed E-state index contributed by atoms with van der Waals surface area (Å²) >= 11 is 5.76. The highest BCUT2D eigenvalue weighted by Crippen LogP contribution is 2.30. The van der Waals surface area contributed by atoms with Crippen LogP contribution in [0.5, 0.6) is 17.2 Å². The van der Waals surface area contributed by atoms with Crippen LogP contribution in [0, 0.1) is 10.1 Å². The Morgan fingerprint density at radius 1 is 1.11 bits per heavy atom. The summed E-state index contributed by atoms with van der Waals surface area (Å²) in [6.07, 6.45) is 0.601. The van der Waals surface area contributed by atoms with Crippen molar-refractivity contribution < 1.29 is 23.9 Å². The van der Waals surface area contributed by atoms with Gasteiger partial charge in [-0.2, -0.15) is 0 Å². The van der Waals surface area contributed by atoms with Crippen molar-refractivity contribution in [3.8, 4) is 17.2 Å². The van der Waals surface area contributed by atoms with Crippen molar-refractivity contribution in [3.05, 3.63) is 57.1 Å². The van der Waals surface area contributed by atoms with Crippen molar-refractivity contribution >= 4 is 23.2 Å². The van der Waals surface area contributed by atoms with Crippen LogP contribution < -0.4 is 14.2 Å². The van der Waals surface area contributed by atoms with Crippen LogP contribution in [0.15, 0.2) is 36.4 Å². The molecule has 0 radical (unpaired) electrons. The summed E-state index contributed by atoms with van der Waals surface area (Å²) in [5.41, 5.74) is 0.694. The summed E-state index contributed by atoms with van der Waals surface area (Å²) in [7, 11) is 4.77. The van der Waals surface area contributed by atoms with Crippen LogP contribution in [-0.4, -0.2) is 50.1 Å². The molecule has 0 bridgehead atoms. The molecule has 0 atom stereocenters. The number of hydrogen-bond donors (Lipinski definition) is 0. The van der Waals surface area contributed by atoms with Gasteiger partial charge in [0.1, 0.15) is 0 Å². The molecule has 2 aromatic carbocycles. The first-order valence-electron chi connectivity index (χ1n) is 8.37. The van der Waals surface area contributed by atoms with Crippen LogP contribution in [0.25, 0.3) is 0 Å². The van der Waals surface area contributed by atoms with E-state index in [0.29, 0.717) is 24.5 Å². The number of benzene rings is 2. The van der Waals surface area contributed by atoms with E-state index in [1.54, 1.807) is 27.3 Å². The Hall–Kier alpha value is -3.00. The van der Waals surface area contributed by atoms with E-state index < -0.39 is 4.92 Å². The molecular weight excluding hydrogens is 388 g/mol. The number of nitrogens with zero attached hydrogens (tertiary/aromatic N) is 2. The van der Waals surface area contributed by atoms with Gasteiger partial charge in [0.15, 0.2) is 23.9 Å². The first-order chi connectivity index (χ1) is 13.3. The molecule has 1 amide bonds. The molecule has 0 N–H and O–H groups in total. The van der Waals surface area contributed by atoms with Crippen molar-refractivity contribution in [1.82, 2.24) is 4.90 Å². The molecule has 0 aromatic heterocycles. The molecule has 0 aliphatic carbocycles. The van der Waals surface area contributed by atoms with E-state index in [1.165, 1.54) is 23.1 Å². The van der Waals surface area contributed by atoms with Crippen LogP contribution in [0.4, 0.5) is 5.69 Å². The van der Waals surface area contributed by atoms with Gasteiger partial charge in [0, 0.05) is 24.7 Å². The number of ether oxygens (including phenoxy) is 3. The number of hydrogen-bond acceptors (Lipinski definition) is 6. The number of likely N-dealkylation sites (N-methyl/N-ethyl adjacent to an activating group) is 1. The first-order valence-corrected chi connectivity index (χ1v) is 8.75. The summed E-state index contributed by atoms with van der Waals surface area (Å²) < 4.78 is 15.8. The molecule has 9 heteroatoms. The summed E-state index contributed by atoms with van der Waals surface area (Å²) in [4.78, 5) is 24.2. The second-order valence-electron chi connectivity index (χ2n) is 5.91. The Morgan fingerprint density at radius 2 is 1.79 bits per heavy atom. The minimum absolute atomic E-state index is 0.00367. The fraction of sp³-hybridized carbons (Fsp3) is 0.316. The van der Waals surface area contributed by atoms with Gasteiger partial charge in [-0.25, -0.2) is 0 Å². The molecule has 0 saturated heterocycles. The molecule has 0 spiro atoms. The van der Waals surface area contributed by atoms with Crippen molar-refractivity contribution in [1.29, 1.82) is 0 Å². The second-order valence-corrected chi connectivity index (χ2v) is 6.35. The van der Waals surface area contributed by atoms with Gasteiger partial charge in [0.25, 0.3) is 5.91 Å². The Balaban J connectivity index is 1.92. The van der Waals surface area contributed by atoms with Gasteiger partial charge in [-0.05, 0) is 36.2 Å². The smallest absolute Gasteiger partial charge is 0.312 e. The van der Waals surface area contributed by atoms with E-state index in [2.05, 4.69) is 0 Å². The molecular formula is C19H21ClN2O6. The highest BCUT2D eigenvalue weighted by Gasteiger charge is 2.18. The lowest BCUT2D eigenvalue weighted by atomic mass is 10.1. The summed E-state index contributed by atoms with van der Waals surface area (Å²) in [6.45, 7) is 0.130. The second kappa shape index (κ2) is 9.80. The Kier molecular flexibility index (Phi) is 7.45. The third kappa shape index (κ3) is 5.50. The van der Waals surface area contributed by atoms with Gasteiger partial charge >= 0.3 is 5.69 Å². The topological polar surface area (TPSA) is 91.1 Å². The fourth-order valence-corrected chi connectivity index (χ4v) is 2.63. The number of carbonyl (C=O) groups is 1. The van der Waals surface area contributed by atoms with Gasteiger partial charge in [0.2, 0.25) is 0 Å². The maximum Gasteiger partial charge on any atom is 0.312 e. The Morgan fingerprint density at radius 3 is 2.43 bits per heavy atom. The van der Waals surface area contributed by atoms with Crippen LogP contribution in [0.2, 0.25) is 5.02 Å². The number of nitro groups is 1. The lowest BCUT2D eigenvalue weighted by Gasteiger charge is -2.18. The molecule has 0 unspecified atom stereocenters. The van der Waals surface area contributed by atoms with Crippen molar-refractivity contribution in [2.45, 2.75) is 6.42 Å². The molecule has 2 aromatic rings. The third-order valence-electron chi connectivity index (χ3n) is 4.08. The molecule has 28 heavy (non-hydrogen) atoms. The Bertz CT molecular complexity index is 858. The quantitative estimate of drug-likeness (QED) is 0.466. The fourth-order valence-electron chi connectivity index (χ4n) is 2.46. The first kappa shape index (κ1) is 21.3. The number of rotatable bonds is 9. The maximum absolute atomic E-state index is 12.3. The van der Waals surface area contributed by atoms with Gasteiger partial charge < -0.3 is 19.1 Å². The van der Waals surface area contributed by atoms with E-state index in [1.807, 2.05) is 12.1 Å². The van der Waals surface area contributed by atoms with Crippen LogP contribution in [-0.2, 0) is 11.2 Å². The van der Waals surface area contributed by atoms with Gasteiger partial charge in [-0.15, -0.1) is 0 Å². The van der Waals surface area contributed by atoms with Gasteiger partial charge in [0.05, 0.1) is 19.1 Å². The largest absolute Gasteiger partial charge is 0.493 e. The zero-order valence-electron chi connectivity index (χ0n) is 15.8. The molecule has 0 aliphatic heterocycles. The maximum atomic E-state index is 12.3. The van der Waals surface area contributed by atoms with Crippen molar-refractivity contribution in [3.63, 3.8) is 0 Å². The number of nitro benzene ring substituents is 1. The van der Waals surface area contributed by atoms with Crippen molar-refractivity contribution in [2.24, 2.45) is 0 Å². The molecule has 8 nitrogen and oxygen atoms in total. The number of carbonyl (C=O) groups excluding carboxylic acids is 1. The minimum atomic E-state index is -0.605. The summed E-state index contributed by atoms with van der Waals surface area (Å²) in [6, 6.07) is 9.57. The van der Waals surface area contributed by atoms with Gasteiger partial charge in [-0.3, -0.25) is 14.9 Å². The zero-order valence-corrected chi connectivity index (χ0v) is 16.6. The van der Waals surface area contributed by atoms with Crippen LogP contribution in [0.1, 0.15) is 5.56 Å². The van der Waals surface area contributed by atoms with Crippen LogP contribution >= 0.6 is 11.6 Å². The lowest BCUT2D eigenvalue weighted by molar-refractivity contribution is -0.385. The van der Waals surface area contributed by atoms with E-state index >= 15 is 0 Å². The number of halogens is 1. The molecule has 150 valence electrons. The normalized spacial score (nSPS) is 10.3. The molecule has 2 rings (SSSR count). The van der Waals surface area contributed by atoms with E-state index in [4.69, 9.17) is 25.8 Å². The van der Waals surface area contributed by atoms with Gasteiger partial charge in [-0.1, -0.05) is 17.7 Å². The average molecular weight is 409 g/mol. The highest BCUT2D eigenvalue weighted by molar-refractivity contribution is 6.30. The average Bonchev–Trinajstić information content (AvgIpc) is 2.70. The van der Waals surface area contributed by atoms with E-state index in [9.17, 15) is 14.9 Å². The minimum Gasteiger partial charge on any atom is -0.493 e. The number of methoxy groups -OCH3 is 2. The predicted octanol–water partition coefficient (Wildman–Crippen LogP) is 3.35. The molecule has 0 aliphatic rings. The SMILES string of the molecule is COc1ccc(CCN(C)C(=O)COc2ccc(Cl)cc2[N+](=O)[O-])cc1OC. The van der Waals surface area contributed by atoms with Crippen molar-refractivity contribution in [2.75, 3.05) is 34.4 Å². The standard InChI is InChI=1S/C19H21ClN2O6/c1-21(9-8-13-4-6-17(26-2)18(10-13)27-3)19(23)12-28-16-7-5-14(20)11-15(16)22(24)25/h4-7,10-11H,8-9,12H2,1-3H3. The molecule has 0 saturated carbocycles. The monoisotopic (exact) mass is 408 g/mol. The summed E-state index contributed by atoms with van der Waals surface area (Å²) in [5, 5.41) is 11.3. The number of amides is 1. The summed E-state index contributed by atoms with van der Waals surface area (Å²) in [5.74, 6) is 0.946. The molecule has 0 fully saturated rings. The predicted molar refractivity (Wildman–Crippen MR) is 104 cm³/mol. The lowest BCUT2D eigenvalue weighted by Crippen LogP contribution is -2.33. The zero-order chi connectivity index (χ0) is 20.7. The third-order valence-corrected chi connectivity index (χ3v) is 4.31. The van der Waals surface area contributed by atoms with E-state index in [0.717, 1.165) is 5.56 Å². The molecule has 0 heterocycles. The Labute approximate surface area is 167 Å². The van der Waals surface area contributed by atoms with E-state index in [-0.39, 0.29) is 29.0 Å².